The third-order valence-corrected chi connectivity index (χ3v) is 2.60. The topological polar surface area (TPSA) is 9.23 Å². The van der Waals surface area contributed by atoms with Crippen molar-refractivity contribution in [2.24, 2.45) is 0 Å². The molecule has 10 heavy (non-hydrogen) atoms. The zero-order chi connectivity index (χ0) is 7.66. The molecule has 0 bridgehead atoms. The molecular formula is C8H19OP. The number of hydrogen-bond donors (Lipinski definition) is 0. The fourth-order valence-corrected chi connectivity index (χ4v) is 1.86. The average molecular weight is 162 g/mol. The largest absolute Gasteiger partial charge is 0.381 e. The first-order chi connectivity index (χ1) is 4.91. The van der Waals surface area contributed by atoms with E-state index in [9.17, 15) is 0 Å². The van der Waals surface area contributed by atoms with Gasteiger partial charge in [0.15, 0.2) is 0 Å². The third kappa shape index (κ3) is 8.39. The van der Waals surface area contributed by atoms with Crippen molar-refractivity contribution in [2.45, 2.75) is 26.7 Å². The molecule has 62 valence electrons. The van der Waals surface area contributed by atoms with Crippen molar-refractivity contribution < 1.29 is 4.74 Å². The molecule has 0 aliphatic carbocycles. The first-order valence-corrected chi connectivity index (χ1v) is 5.61. The second kappa shape index (κ2) is 9.39. The Morgan fingerprint density at radius 3 is 2.60 bits per heavy atom. The van der Waals surface area contributed by atoms with E-state index in [0.29, 0.717) is 0 Å². The number of hydrogen-bond acceptors (Lipinski definition) is 1. The highest BCUT2D eigenvalue weighted by molar-refractivity contribution is 7.37. The van der Waals surface area contributed by atoms with E-state index in [1.807, 2.05) is 0 Å². The van der Waals surface area contributed by atoms with E-state index in [1.54, 1.807) is 0 Å². The van der Waals surface area contributed by atoms with Gasteiger partial charge in [-0.05, 0) is 25.7 Å². The second-order valence-electron chi connectivity index (χ2n) is 2.30. The predicted molar refractivity (Wildman–Crippen MR) is 49.5 cm³/mol. The maximum absolute atomic E-state index is 5.22. The maximum Gasteiger partial charge on any atom is 0.0502 e. The summed E-state index contributed by atoms with van der Waals surface area (Å²) < 4.78 is 5.22. The van der Waals surface area contributed by atoms with Crippen molar-refractivity contribution in [3.63, 3.8) is 0 Å². The summed E-state index contributed by atoms with van der Waals surface area (Å²) in [5.74, 6) is 0. The van der Waals surface area contributed by atoms with Crippen LogP contribution in [0, 0.1) is 0 Å². The Hall–Kier alpha value is 0.390. The number of unbranched alkanes of at least 4 members (excludes halogenated alkanes) is 1. The smallest absolute Gasteiger partial charge is 0.0502 e. The van der Waals surface area contributed by atoms with Crippen LogP contribution in [0.25, 0.3) is 0 Å². The molecule has 0 saturated carbocycles. The summed E-state index contributed by atoms with van der Waals surface area (Å²) in [5, 5.41) is 0. The Balaban J connectivity index is 2.65. The number of rotatable bonds is 7. The van der Waals surface area contributed by atoms with Gasteiger partial charge in [-0.25, -0.2) is 0 Å². The Labute approximate surface area is 66.3 Å². The molecule has 1 atom stereocenters. The predicted octanol–water partition coefficient (Wildman–Crippen LogP) is 2.50. The lowest BCUT2D eigenvalue weighted by Crippen LogP contribution is -1.95. The quantitative estimate of drug-likeness (QED) is 0.413. The fraction of sp³-hybridized carbons (Fsp3) is 1.00. The molecule has 0 N–H and O–H groups in total. The van der Waals surface area contributed by atoms with Crippen LogP contribution in [0.1, 0.15) is 26.7 Å². The van der Waals surface area contributed by atoms with Gasteiger partial charge in [0.1, 0.15) is 0 Å². The van der Waals surface area contributed by atoms with Gasteiger partial charge in [-0.3, -0.25) is 0 Å². The summed E-state index contributed by atoms with van der Waals surface area (Å²) in [5.41, 5.74) is 0. The summed E-state index contributed by atoms with van der Waals surface area (Å²) in [6.45, 7) is 6.14. The lowest BCUT2D eigenvalue weighted by atomic mass is 10.4. The molecule has 0 aromatic heterocycles. The minimum absolute atomic E-state index is 0.873. The molecule has 0 aromatic rings. The summed E-state index contributed by atoms with van der Waals surface area (Å²) in [6, 6.07) is 0. The van der Waals surface area contributed by atoms with Gasteiger partial charge >= 0.3 is 0 Å². The molecule has 2 heteroatoms. The van der Waals surface area contributed by atoms with Crippen LogP contribution >= 0.6 is 8.58 Å². The van der Waals surface area contributed by atoms with Crippen molar-refractivity contribution >= 4 is 8.58 Å². The molecule has 0 spiro atoms. The van der Waals surface area contributed by atoms with Gasteiger partial charge in [-0.1, -0.05) is 13.3 Å². The normalized spacial score (nSPS) is 11.4. The van der Waals surface area contributed by atoms with Crippen LogP contribution in [-0.4, -0.2) is 25.5 Å². The highest BCUT2D eigenvalue weighted by Crippen LogP contribution is 2.11. The van der Waals surface area contributed by atoms with Crippen LogP contribution in [0.3, 0.4) is 0 Å². The molecule has 0 aromatic carbocycles. The van der Waals surface area contributed by atoms with E-state index in [0.717, 1.165) is 21.8 Å². The van der Waals surface area contributed by atoms with Crippen LogP contribution in [0.4, 0.5) is 0 Å². The van der Waals surface area contributed by atoms with Gasteiger partial charge in [0, 0.05) is 6.61 Å². The Kier molecular flexibility index (Phi) is 9.76. The number of ether oxygens (including phenoxy) is 1. The van der Waals surface area contributed by atoms with Crippen LogP contribution in [0.5, 0.6) is 0 Å². The second-order valence-corrected chi connectivity index (χ2v) is 3.80. The molecular weight excluding hydrogens is 143 g/mol. The molecule has 0 radical (unpaired) electrons. The van der Waals surface area contributed by atoms with E-state index < -0.39 is 0 Å². The molecule has 1 nitrogen and oxygen atoms in total. The van der Waals surface area contributed by atoms with Crippen molar-refractivity contribution in [1.29, 1.82) is 0 Å². The molecule has 0 saturated heterocycles. The first kappa shape index (κ1) is 10.4. The minimum atomic E-state index is 0.873. The van der Waals surface area contributed by atoms with E-state index in [4.69, 9.17) is 4.74 Å². The SMILES string of the molecule is CCCCPCCOCC. The Morgan fingerprint density at radius 2 is 2.00 bits per heavy atom. The van der Waals surface area contributed by atoms with Gasteiger partial charge in [0.2, 0.25) is 0 Å². The van der Waals surface area contributed by atoms with Gasteiger partial charge in [0.25, 0.3) is 0 Å². The van der Waals surface area contributed by atoms with Gasteiger partial charge < -0.3 is 4.74 Å². The highest BCUT2D eigenvalue weighted by Gasteiger charge is 1.86. The van der Waals surface area contributed by atoms with E-state index in [2.05, 4.69) is 13.8 Å². The summed E-state index contributed by atoms with van der Waals surface area (Å²) >= 11 is 0. The maximum atomic E-state index is 5.22. The Morgan fingerprint density at radius 1 is 1.20 bits per heavy atom. The molecule has 0 aliphatic heterocycles. The highest BCUT2D eigenvalue weighted by atomic mass is 31.1. The van der Waals surface area contributed by atoms with Gasteiger partial charge in [-0.15, -0.1) is 8.58 Å². The summed E-state index contributed by atoms with van der Waals surface area (Å²) in [6.07, 6.45) is 5.41. The van der Waals surface area contributed by atoms with E-state index >= 15 is 0 Å². The van der Waals surface area contributed by atoms with Crippen molar-refractivity contribution in [3.8, 4) is 0 Å². The van der Waals surface area contributed by atoms with E-state index in [-0.39, 0.29) is 0 Å². The fourth-order valence-electron chi connectivity index (χ4n) is 0.715. The minimum Gasteiger partial charge on any atom is -0.381 e. The van der Waals surface area contributed by atoms with Crippen LogP contribution < -0.4 is 0 Å². The zero-order valence-corrected chi connectivity index (χ0v) is 8.15. The summed E-state index contributed by atoms with van der Waals surface area (Å²) in [7, 11) is 1.12. The van der Waals surface area contributed by atoms with E-state index in [1.165, 1.54) is 25.2 Å². The Bertz CT molecular complexity index is 49.2. The average Bonchev–Trinajstić information content (AvgIpc) is 1.97. The molecule has 0 aliphatic rings. The lowest BCUT2D eigenvalue weighted by molar-refractivity contribution is 0.164. The van der Waals surface area contributed by atoms with Crippen molar-refractivity contribution in [2.75, 3.05) is 25.5 Å². The van der Waals surface area contributed by atoms with Crippen molar-refractivity contribution in [1.82, 2.24) is 0 Å². The van der Waals surface area contributed by atoms with Crippen LogP contribution in [0.2, 0.25) is 0 Å². The van der Waals surface area contributed by atoms with Gasteiger partial charge in [-0.2, -0.15) is 0 Å². The molecule has 0 heterocycles. The van der Waals surface area contributed by atoms with Crippen LogP contribution in [0.15, 0.2) is 0 Å². The molecule has 0 rings (SSSR count). The molecule has 0 amide bonds. The van der Waals surface area contributed by atoms with Gasteiger partial charge in [0.05, 0.1) is 6.61 Å². The monoisotopic (exact) mass is 162 g/mol. The standard InChI is InChI=1S/C8H19OP/c1-3-5-7-10-8-6-9-4-2/h10H,3-8H2,1-2H3. The molecule has 1 unspecified atom stereocenters. The zero-order valence-electron chi connectivity index (χ0n) is 7.15. The lowest BCUT2D eigenvalue weighted by Gasteiger charge is -2.00. The van der Waals surface area contributed by atoms with Crippen molar-refractivity contribution in [3.05, 3.63) is 0 Å². The third-order valence-electron chi connectivity index (χ3n) is 1.33. The molecule has 0 fully saturated rings. The first-order valence-electron chi connectivity index (χ1n) is 4.20. The van der Waals surface area contributed by atoms with Crippen LogP contribution in [-0.2, 0) is 4.74 Å². The summed E-state index contributed by atoms with van der Waals surface area (Å²) in [4.78, 5) is 0.